The Hall–Kier alpha value is -1.42. The van der Waals surface area contributed by atoms with E-state index < -0.39 is 11.7 Å². The molecule has 0 heterocycles. The minimum absolute atomic E-state index is 0.493. The maximum absolute atomic E-state index is 11.7. The highest BCUT2D eigenvalue weighted by molar-refractivity contribution is 6.34. The molecule has 1 N–H and O–H groups in total. The van der Waals surface area contributed by atoms with Crippen LogP contribution in [0.5, 0.6) is 0 Å². The zero-order valence-electron chi connectivity index (χ0n) is 11.4. The fourth-order valence-corrected chi connectivity index (χ4v) is 1.83. The predicted octanol–water partition coefficient (Wildman–Crippen LogP) is 3.75. The molecule has 0 saturated carbocycles. The van der Waals surface area contributed by atoms with E-state index in [0.29, 0.717) is 10.7 Å². The number of amides is 1. The van der Waals surface area contributed by atoms with E-state index in [1.807, 2.05) is 39.8 Å². The number of carbonyl (C=O) groups excluding carboxylic acids is 1. The van der Waals surface area contributed by atoms with E-state index in [1.165, 1.54) is 0 Å². The molecule has 0 bridgehead atoms. The van der Waals surface area contributed by atoms with Crippen molar-refractivity contribution in [2.24, 2.45) is 0 Å². The first kappa shape index (κ1) is 14.6. The standard InChI is InChI=1S/C13H19ClN2O2/c1-13(2,3)18-12(17)15-10-8-6-7-9(14)11(10)16(4)5/h6-8H,1-5H3,(H,15,17). The summed E-state index contributed by atoms with van der Waals surface area (Å²) in [6, 6.07) is 5.34. The molecule has 0 saturated heterocycles. The molecule has 0 fully saturated rings. The lowest BCUT2D eigenvalue weighted by atomic mass is 10.2. The lowest BCUT2D eigenvalue weighted by Crippen LogP contribution is -2.27. The number of nitrogens with one attached hydrogen (secondary N) is 1. The number of halogens is 1. The van der Waals surface area contributed by atoms with Crippen molar-refractivity contribution >= 4 is 29.1 Å². The van der Waals surface area contributed by atoms with Gasteiger partial charge >= 0.3 is 6.09 Å². The molecule has 0 aliphatic heterocycles. The Labute approximate surface area is 113 Å². The Bertz CT molecular complexity index is 439. The highest BCUT2D eigenvalue weighted by atomic mass is 35.5. The van der Waals surface area contributed by atoms with Crippen LogP contribution in [0.4, 0.5) is 16.2 Å². The second kappa shape index (κ2) is 5.48. The first-order valence-corrected chi connectivity index (χ1v) is 6.04. The zero-order chi connectivity index (χ0) is 13.9. The normalized spacial score (nSPS) is 11.0. The highest BCUT2D eigenvalue weighted by Gasteiger charge is 2.18. The van der Waals surface area contributed by atoms with E-state index in [-0.39, 0.29) is 0 Å². The van der Waals surface area contributed by atoms with Gasteiger partial charge in [0, 0.05) is 14.1 Å². The van der Waals surface area contributed by atoms with Crippen LogP contribution < -0.4 is 10.2 Å². The third kappa shape index (κ3) is 4.11. The van der Waals surface area contributed by atoms with Gasteiger partial charge in [-0.2, -0.15) is 0 Å². The number of benzene rings is 1. The summed E-state index contributed by atoms with van der Waals surface area (Å²) in [7, 11) is 3.73. The molecule has 1 aromatic rings. The summed E-state index contributed by atoms with van der Waals surface area (Å²) in [5, 5.41) is 3.28. The van der Waals surface area contributed by atoms with Crippen LogP contribution in [0.15, 0.2) is 18.2 Å². The van der Waals surface area contributed by atoms with E-state index >= 15 is 0 Å². The minimum atomic E-state index is -0.527. The Morgan fingerprint density at radius 1 is 1.33 bits per heavy atom. The summed E-state index contributed by atoms with van der Waals surface area (Å²) >= 11 is 6.11. The topological polar surface area (TPSA) is 41.6 Å². The molecule has 4 nitrogen and oxygen atoms in total. The molecule has 0 aliphatic rings. The van der Waals surface area contributed by atoms with Crippen LogP contribution in [0.25, 0.3) is 0 Å². The fraction of sp³-hybridized carbons (Fsp3) is 0.462. The average Bonchev–Trinajstić information content (AvgIpc) is 2.13. The zero-order valence-corrected chi connectivity index (χ0v) is 12.1. The number of hydrogen-bond acceptors (Lipinski definition) is 3. The molecule has 0 aromatic heterocycles. The molecular formula is C13H19ClN2O2. The Balaban J connectivity index is 2.91. The highest BCUT2D eigenvalue weighted by Crippen LogP contribution is 2.32. The van der Waals surface area contributed by atoms with Crippen molar-refractivity contribution in [3.63, 3.8) is 0 Å². The van der Waals surface area contributed by atoms with Gasteiger partial charge in [-0.15, -0.1) is 0 Å². The first-order chi connectivity index (χ1) is 8.20. The van der Waals surface area contributed by atoms with Crippen LogP contribution in [0.2, 0.25) is 5.02 Å². The van der Waals surface area contributed by atoms with E-state index in [9.17, 15) is 4.79 Å². The van der Waals surface area contributed by atoms with Crippen molar-refractivity contribution in [1.82, 2.24) is 0 Å². The largest absolute Gasteiger partial charge is 0.444 e. The molecule has 0 radical (unpaired) electrons. The van der Waals surface area contributed by atoms with Crippen LogP contribution >= 0.6 is 11.6 Å². The van der Waals surface area contributed by atoms with Gasteiger partial charge in [-0.3, -0.25) is 5.32 Å². The number of hydrogen-bond donors (Lipinski definition) is 1. The van der Waals surface area contributed by atoms with Crippen LogP contribution in [0.3, 0.4) is 0 Å². The summed E-state index contributed by atoms with van der Waals surface area (Å²) in [5.41, 5.74) is 0.854. The average molecular weight is 271 g/mol. The Morgan fingerprint density at radius 2 is 1.94 bits per heavy atom. The SMILES string of the molecule is CN(C)c1c(Cl)cccc1NC(=O)OC(C)(C)C. The Kier molecular flexibility index (Phi) is 4.46. The molecule has 0 unspecified atom stereocenters. The molecule has 1 rings (SSSR count). The summed E-state index contributed by atoms with van der Waals surface area (Å²) in [4.78, 5) is 13.6. The molecular weight excluding hydrogens is 252 g/mol. The molecule has 1 aromatic carbocycles. The van der Waals surface area contributed by atoms with E-state index in [1.54, 1.807) is 18.2 Å². The molecule has 100 valence electrons. The summed E-state index contributed by atoms with van der Waals surface area (Å²) < 4.78 is 5.20. The number of ether oxygens (including phenoxy) is 1. The number of para-hydroxylation sites is 1. The van der Waals surface area contributed by atoms with Gasteiger partial charge in [0.1, 0.15) is 5.60 Å². The predicted molar refractivity (Wildman–Crippen MR) is 75.6 cm³/mol. The van der Waals surface area contributed by atoms with Crippen molar-refractivity contribution < 1.29 is 9.53 Å². The smallest absolute Gasteiger partial charge is 0.412 e. The third-order valence-corrected chi connectivity index (χ3v) is 2.37. The molecule has 5 heteroatoms. The third-order valence-electron chi connectivity index (χ3n) is 2.07. The van der Waals surface area contributed by atoms with Gasteiger partial charge < -0.3 is 9.64 Å². The van der Waals surface area contributed by atoms with E-state index in [2.05, 4.69) is 5.32 Å². The Morgan fingerprint density at radius 3 is 2.44 bits per heavy atom. The van der Waals surface area contributed by atoms with Gasteiger partial charge in [0.05, 0.1) is 16.4 Å². The van der Waals surface area contributed by atoms with Crippen molar-refractivity contribution in [2.75, 3.05) is 24.3 Å². The molecule has 0 spiro atoms. The number of anilines is 2. The lowest BCUT2D eigenvalue weighted by molar-refractivity contribution is 0.0636. The number of rotatable bonds is 2. The van der Waals surface area contributed by atoms with Crippen molar-refractivity contribution in [2.45, 2.75) is 26.4 Å². The van der Waals surface area contributed by atoms with Crippen molar-refractivity contribution in [3.05, 3.63) is 23.2 Å². The maximum atomic E-state index is 11.7. The van der Waals surface area contributed by atoms with Gasteiger partial charge in [-0.1, -0.05) is 17.7 Å². The monoisotopic (exact) mass is 270 g/mol. The first-order valence-electron chi connectivity index (χ1n) is 5.66. The summed E-state index contributed by atoms with van der Waals surface area (Å²) in [6.45, 7) is 5.45. The van der Waals surface area contributed by atoms with Crippen LogP contribution in [-0.4, -0.2) is 25.8 Å². The van der Waals surface area contributed by atoms with Gasteiger partial charge in [0.2, 0.25) is 0 Å². The second-order valence-corrected chi connectivity index (χ2v) is 5.56. The summed E-state index contributed by atoms with van der Waals surface area (Å²) in [6.07, 6.45) is -0.493. The van der Waals surface area contributed by atoms with Crippen LogP contribution in [0, 0.1) is 0 Å². The maximum Gasteiger partial charge on any atom is 0.412 e. The van der Waals surface area contributed by atoms with Crippen molar-refractivity contribution in [1.29, 1.82) is 0 Å². The van der Waals surface area contributed by atoms with Crippen LogP contribution in [-0.2, 0) is 4.74 Å². The molecule has 0 aliphatic carbocycles. The quantitative estimate of drug-likeness (QED) is 0.890. The number of nitrogens with zero attached hydrogens (tertiary/aromatic N) is 1. The second-order valence-electron chi connectivity index (χ2n) is 5.16. The molecule has 18 heavy (non-hydrogen) atoms. The minimum Gasteiger partial charge on any atom is -0.444 e. The van der Waals surface area contributed by atoms with Gasteiger partial charge in [-0.05, 0) is 32.9 Å². The number of carbonyl (C=O) groups is 1. The van der Waals surface area contributed by atoms with Crippen molar-refractivity contribution in [3.8, 4) is 0 Å². The van der Waals surface area contributed by atoms with E-state index in [0.717, 1.165) is 5.69 Å². The molecule has 1 amide bonds. The molecule has 0 atom stereocenters. The van der Waals surface area contributed by atoms with Crippen LogP contribution in [0.1, 0.15) is 20.8 Å². The fourth-order valence-electron chi connectivity index (χ4n) is 1.48. The van der Waals surface area contributed by atoms with Gasteiger partial charge in [0.25, 0.3) is 0 Å². The van der Waals surface area contributed by atoms with Gasteiger partial charge in [0.15, 0.2) is 0 Å². The van der Waals surface area contributed by atoms with E-state index in [4.69, 9.17) is 16.3 Å². The summed E-state index contributed by atoms with van der Waals surface area (Å²) in [5.74, 6) is 0. The lowest BCUT2D eigenvalue weighted by Gasteiger charge is -2.22. The van der Waals surface area contributed by atoms with Gasteiger partial charge in [-0.25, -0.2) is 4.79 Å².